The van der Waals surface area contributed by atoms with Crippen LogP contribution in [-0.2, 0) is 11.0 Å². The van der Waals surface area contributed by atoms with Crippen LogP contribution in [0.2, 0.25) is 0 Å². The van der Waals surface area contributed by atoms with Crippen LogP contribution in [0.15, 0.2) is 18.2 Å². The van der Waals surface area contributed by atoms with Crippen LogP contribution in [0, 0.1) is 0 Å². The van der Waals surface area contributed by atoms with E-state index in [2.05, 4.69) is 0 Å². The van der Waals surface area contributed by atoms with E-state index in [4.69, 9.17) is 16.3 Å². The molecule has 0 N–H and O–H groups in total. The third kappa shape index (κ3) is 3.12. The van der Waals surface area contributed by atoms with Gasteiger partial charge in [0.2, 0.25) is 0 Å². The molecule has 17 heavy (non-hydrogen) atoms. The van der Waals surface area contributed by atoms with Gasteiger partial charge >= 0.3 is 6.18 Å². The van der Waals surface area contributed by atoms with Gasteiger partial charge in [0.15, 0.2) is 5.78 Å². The van der Waals surface area contributed by atoms with E-state index >= 15 is 0 Å². The summed E-state index contributed by atoms with van der Waals surface area (Å²) in [6.07, 6.45) is -4.48. The number of hydrogen-bond acceptors (Lipinski definition) is 2. The van der Waals surface area contributed by atoms with Crippen molar-refractivity contribution in [3.05, 3.63) is 29.3 Å². The molecule has 2 nitrogen and oxygen atoms in total. The lowest BCUT2D eigenvalue weighted by Crippen LogP contribution is -2.09. The van der Waals surface area contributed by atoms with Crippen LogP contribution >= 0.6 is 11.6 Å². The molecule has 0 saturated carbocycles. The standard InChI is InChI=1S/C11H10ClF3O2/c1-6(16)10(12)8-5-7(11(13,14)15)3-4-9(8)17-2/h3-5,10H,1-2H3. The van der Waals surface area contributed by atoms with Crippen molar-refractivity contribution in [1.82, 2.24) is 0 Å². The monoisotopic (exact) mass is 266 g/mol. The van der Waals surface area contributed by atoms with Crippen molar-refractivity contribution in [2.45, 2.75) is 18.5 Å². The van der Waals surface area contributed by atoms with Crippen molar-refractivity contribution in [3.63, 3.8) is 0 Å². The van der Waals surface area contributed by atoms with Gasteiger partial charge < -0.3 is 4.74 Å². The lowest BCUT2D eigenvalue weighted by atomic mass is 10.0. The molecule has 0 aliphatic heterocycles. The van der Waals surface area contributed by atoms with E-state index in [1.165, 1.54) is 14.0 Å². The van der Waals surface area contributed by atoms with Gasteiger partial charge in [-0.05, 0) is 25.1 Å². The molecule has 0 saturated heterocycles. The number of halogens is 4. The third-order valence-corrected chi connectivity index (χ3v) is 2.73. The maximum Gasteiger partial charge on any atom is 0.416 e. The Balaban J connectivity index is 3.29. The van der Waals surface area contributed by atoms with Gasteiger partial charge in [-0.2, -0.15) is 13.2 Å². The Morgan fingerprint density at radius 3 is 2.41 bits per heavy atom. The van der Waals surface area contributed by atoms with Crippen molar-refractivity contribution in [1.29, 1.82) is 0 Å². The molecular formula is C11H10ClF3O2. The van der Waals surface area contributed by atoms with Crippen molar-refractivity contribution in [3.8, 4) is 5.75 Å². The average molecular weight is 267 g/mol. The number of ether oxygens (including phenoxy) is 1. The first-order valence-corrected chi connectivity index (χ1v) is 5.10. The number of methoxy groups -OCH3 is 1. The Hall–Kier alpha value is -1.23. The molecule has 1 aromatic carbocycles. The fourth-order valence-electron chi connectivity index (χ4n) is 1.33. The average Bonchev–Trinajstić information content (AvgIpc) is 2.25. The van der Waals surface area contributed by atoms with Crippen molar-refractivity contribution in [2.24, 2.45) is 0 Å². The first-order valence-electron chi connectivity index (χ1n) is 4.67. The van der Waals surface area contributed by atoms with Gasteiger partial charge in [-0.3, -0.25) is 4.79 Å². The minimum absolute atomic E-state index is 0.0245. The van der Waals surface area contributed by atoms with Crippen LogP contribution < -0.4 is 4.74 Å². The summed E-state index contributed by atoms with van der Waals surface area (Å²) in [5.41, 5.74) is -0.836. The zero-order valence-electron chi connectivity index (χ0n) is 9.14. The molecule has 1 unspecified atom stereocenters. The Bertz CT molecular complexity index is 429. The molecule has 0 radical (unpaired) electrons. The summed E-state index contributed by atoms with van der Waals surface area (Å²) in [4.78, 5) is 11.1. The quantitative estimate of drug-likeness (QED) is 0.782. The summed E-state index contributed by atoms with van der Waals surface area (Å²) >= 11 is 5.75. The molecule has 0 spiro atoms. The Morgan fingerprint density at radius 2 is 2.00 bits per heavy atom. The van der Waals surface area contributed by atoms with Crippen LogP contribution in [0.4, 0.5) is 13.2 Å². The van der Waals surface area contributed by atoms with Crippen molar-refractivity contribution in [2.75, 3.05) is 7.11 Å². The zero-order valence-corrected chi connectivity index (χ0v) is 9.89. The lowest BCUT2D eigenvalue weighted by Gasteiger charge is -2.14. The second-order valence-electron chi connectivity index (χ2n) is 3.43. The zero-order chi connectivity index (χ0) is 13.2. The Labute approximate surface area is 101 Å². The first kappa shape index (κ1) is 13.8. The van der Waals surface area contributed by atoms with Gasteiger partial charge in [-0.25, -0.2) is 0 Å². The van der Waals surface area contributed by atoms with Crippen LogP contribution in [0.25, 0.3) is 0 Å². The summed E-state index contributed by atoms with van der Waals surface area (Å²) in [5, 5.41) is -1.15. The van der Waals surface area contributed by atoms with Gasteiger partial charge in [-0.15, -0.1) is 11.6 Å². The van der Waals surface area contributed by atoms with Gasteiger partial charge in [-0.1, -0.05) is 0 Å². The molecule has 1 aromatic rings. The topological polar surface area (TPSA) is 26.3 Å². The normalized spacial score (nSPS) is 13.3. The van der Waals surface area contributed by atoms with Gasteiger partial charge in [0.1, 0.15) is 11.1 Å². The highest BCUT2D eigenvalue weighted by atomic mass is 35.5. The van der Waals surface area contributed by atoms with E-state index in [-0.39, 0.29) is 11.3 Å². The molecule has 6 heteroatoms. The number of carbonyl (C=O) groups excluding carboxylic acids is 1. The molecule has 94 valence electrons. The number of carbonyl (C=O) groups is 1. The second-order valence-corrected chi connectivity index (χ2v) is 3.86. The molecule has 0 fully saturated rings. The van der Waals surface area contributed by atoms with Crippen LogP contribution in [0.3, 0.4) is 0 Å². The predicted molar refractivity (Wildman–Crippen MR) is 57.3 cm³/mol. The van der Waals surface area contributed by atoms with E-state index in [1.54, 1.807) is 0 Å². The maximum absolute atomic E-state index is 12.5. The summed E-state index contributed by atoms with van der Waals surface area (Å²) < 4.78 is 42.4. The van der Waals surface area contributed by atoms with E-state index in [0.29, 0.717) is 0 Å². The van der Waals surface area contributed by atoms with Gasteiger partial charge in [0.25, 0.3) is 0 Å². The van der Waals surface area contributed by atoms with Crippen molar-refractivity contribution >= 4 is 17.4 Å². The van der Waals surface area contributed by atoms with Crippen LogP contribution in [-0.4, -0.2) is 12.9 Å². The van der Waals surface area contributed by atoms with Gasteiger partial charge in [0, 0.05) is 5.56 Å². The highest BCUT2D eigenvalue weighted by Crippen LogP contribution is 2.36. The lowest BCUT2D eigenvalue weighted by molar-refractivity contribution is -0.137. The number of benzene rings is 1. The van der Waals surface area contributed by atoms with Crippen LogP contribution in [0.1, 0.15) is 23.4 Å². The Kier molecular flexibility index (Phi) is 4.03. The molecule has 0 amide bonds. The number of Topliss-reactive ketones (excluding diaryl/α,β-unsaturated/α-hetero) is 1. The minimum Gasteiger partial charge on any atom is -0.496 e. The van der Waals surface area contributed by atoms with Gasteiger partial charge in [0.05, 0.1) is 12.7 Å². The number of rotatable bonds is 3. The minimum atomic E-state index is -4.48. The SMILES string of the molecule is COc1ccc(C(F)(F)F)cc1C(Cl)C(C)=O. The Morgan fingerprint density at radius 1 is 1.41 bits per heavy atom. The number of alkyl halides is 4. The molecule has 1 rings (SSSR count). The summed E-state index contributed by atoms with van der Waals surface area (Å²) in [7, 11) is 1.30. The summed E-state index contributed by atoms with van der Waals surface area (Å²) in [6, 6.07) is 2.86. The highest BCUT2D eigenvalue weighted by Gasteiger charge is 2.32. The molecule has 0 aliphatic rings. The summed E-state index contributed by atoms with van der Waals surface area (Å²) in [5.74, 6) is -0.280. The first-order chi connectivity index (χ1) is 7.77. The van der Waals surface area contributed by atoms with Crippen molar-refractivity contribution < 1.29 is 22.7 Å². The predicted octanol–water partition coefficient (Wildman–Crippen LogP) is 3.58. The molecule has 0 heterocycles. The number of ketones is 1. The number of hydrogen-bond donors (Lipinski definition) is 0. The molecule has 1 atom stereocenters. The molecular weight excluding hydrogens is 257 g/mol. The van der Waals surface area contributed by atoms with Crippen LogP contribution in [0.5, 0.6) is 5.75 Å². The fraction of sp³-hybridized carbons (Fsp3) is 0.364. The molecule has 0 aromatic heterocycles. The largest absolute Gasteiger partial charge is 0.496 e. The second kappa shape index (κ2) is 4.96. The van der Waals surface area contributed by atoms with E-state index in [9.17, 15) is 18.0 Å². The van der Waals surface area contributed by atoms with E-state index < -0.39 is 22.9 Å². The summed E-state index contributed by atoms with van der Waals surface area (Å²) in [6.45, 7) is 1.21. The van der Waals surface area contributed by atoms with E-state index in [1.807, 2.05) is 0 Å². The van der Waals surface area contributed by atoms with E-state index in [0.717, 1.165) is 18.2 Å². The maximum atomic E-state index is 12.5. The highest BCUT2D eigenvalue weighted by molar-refractivity contribution is 6.31. The third-order valence-electron chi connectivity index (χ3n) is 2.19. The molecule has 0 aliphatic carbocycles. The fourth-order valence-corrected chi connectivity index (χ4v) is 1.50. The smallest absolute Gasteiger partial charge is 0.416 e. The molecule has 0 bridgehead atoms.